The Morgan fingerprint density at radius 2 is 1.79 bits per heavy atom. The second-order valence-corrected chi connectivity index (χ2v) is 9.54. The zero-order valence-corrected chi connectivity index (χ0v) is 19.9. The third-order valence-electron chi connectivity index (χ3n) is 6.48. The number of anilines is 1. The van der Waals surface area contributed by atoms with Crippen molar-refractivity contribution in [1.82, 2.24) is 14.9 Å². The number of hydrogen-bond donors (Lipinski definition) is 1. The first-order valence-corrected chi connectivity index (χ1v) is 12.0. The van der Waals surface area contributed by atoms with Gasteiger partial charge in [0, 0.05) is 25.6 Å². The van der Waals surface area contributed by atoms with E-state index in [-0.39, 0.29) is 17.4 Å². The number of nitrogens with one attached hydrogen (secondary N) is 1. The summed E-state index contributed by atoms with van der Waals surface area (Å²) >= 11 is 0. The van der Waals surface area contributed by atoms with Gasteiger partial charge in [-0.05, 0) is 49.8 Å². The number of nitrogens with zero attached hydrogens (tertiary/aromatic N) is 3. The number of amides is 1. The fourth-order valence-electron chi connectivity index (χ4n) is 4.40. The Morgan fingerprint density at radius 1 is 1.09 bits per heavy atom. The number of rotatable bonds is 7. The van der Waals surface area contributed by atoms with Gasteiger partial charge in [0.25, 0.3) is 5.56 Å². The maximum Gasteiger partial charge on any atom is 0.294 e. The molecule has 0 aliphatic carbocycles. The summed E-state index contributed by atoms with van der Waals surface area (Å²) in [6.45, 7) is 8.93. The molecule has 1 aliphatic rings. The molecule has 6 nitrogen and oxygen atoms in total. The molecule has 0 atom stereocenters. The second kappa shape index (κ2) is 10.2. The third kappa shape index (κ3) is 5.44. The van der Waals surface area contributed by atoms with Gasteiger partial charge in [-0.1, -0.05) is 55.8 Å². The van der Waals surface area contributed by atoms with Crippen LogP contribution in [0.25, 0.3) is 11.0 Å². The van der Waals surface area contributed by atoms with Crippen molar-refractivity contribution in [1.29, 1.82) is 0 Å². The van der Waals surface area contributed by atoms with E-state index in [9.17, 15) is 9.59 Å². The minimum absolute atomic E-state index is 0.00338. The predicted molar refractivity (Wildman–Crippen MR) is 134 cm³/mol. The summed E-state index contributed by atoms with van der Waals surface area (Å²) in [5.74, 6) is 1.20. The predicted octanol–water partition coefficient (Wildman–Crippen LogP) is 4.13. The topological polar surface area (TPSA) is 67.2 Å². The van der Waals surface area contributed by atoms with Crippen molar-refractivity contribution in [3.8, 4) is 0 Å². The highest BCUT2D eigenvalue weighted by atomic mass is 16.2. The summed E-state index contributed by atoms with van der Waals surface area (Å²) in [5.41, 5.74) is 3.86. The van der Waals surface area contributed by atoms with Crippen LogP contribution in [-0.4, -0.2) is 35.1 Å². The van der Waals surface area contributed by atoms with Crippen LogP contribution < -0.4 is 15.8 Å². The number of hydrogen-bond acceptors (Lipinski definition) is 4. The number of carbonyl (C=O) groups excluding carboxylic acids is 1. The van der Waals surface area contributed by atoms with Crippen LogP contribution in [0.3, 0.4) is 0 Å². The first-order valence-electron chi connectivity index (χ1n) is 12.0. The van der Waals surface area contributed by atoms with Gasteiger partial charge in [0.2, 0.25) is 5.91 Å². The van der Waals surface area contributed by atoms with E-state index in [0.29, 0.717) is 31.4 Å². The van der Waals surface area contributed by atoms with E-state index in [1.165, 1.54) is 5.56 Å². The van der Waals surface area contributed by atoms with E-state index in [1.54, 1.807) is 0 Å². The van der Waals surface area contributed by atoms with Crippen molar-refractivity contribution >= 4 is 22.8 Å². The van der Waals surface area contributed by atoms with Crippen molar-refractivity contribution < 1.29 is 4.79 Å². The van der Waals surface area contributed by atoms with Gasteiger partial charge in [-0.3, -0.25) is 14.2 Å². The van der Waals surface area contributed by atoms with Gasteiger partial charge in [-0.2, -0.15) is 0 Å². The molecule has 6 heteroatoms. The lowest BCUT2D eigenvalue weighted by molar-refractivity contribution is -0.125. The van der Waals surface area contributed by atoms with Gasteiger partial charge in [0.1, 0.15) is 0 Å². The normalized spacial score (nSPS) is 14.7. The molecule has 2 aromatic carbocycles. The Morgan fingerprint density at radius 3 is 2.48 bits per heavy atom. The van der Waals surface area contributed by atoms with Crippen LogP contribution in [0.2, 0.25) is 0 Å². The molecule has 0 radical (unpaired) electrons. The van der Waals surface area contributed by atoms with E-state index in [0.717, 1.165) is 42.4 Å². The van der Waals surface area contributed by atoms with Crippen LogP contribution in [0.1, 0.15) is 44.2 Å². The van der Waals surface area contributed by atoms with Gasteiger partial charge < -0.3 is 10.2 Å². The Balaban J connectivity index is 1.54. The number of para-hydroxylation sites is 2. The molecule has 1 N–H and O–H groups in total. The lowest BCUT2D eigenvalue weighted by atomic mass is 9.95. The molecule has 1 aliphatic heterocycles. The van der Waals surface area contributed by atoms with Gasteiger partial charge in [-0.15, -0.1) is 0 Å². The molecule has 33 heavy (non-hydrogen) atoms. The van der Waals surface area contributed by atoms with Crippen LogP contribution in [0.5, 0.6) is 0 Å². The van der Waals surface area contributed by atoms with Crippen LogP contribution in [0.15, 0.2) is 53.3 Å². The maximum atomic E-state index is 13.6. The molecule has 1 fully saturated rings. The molecule has 1 saturated heterocycles. The fraction of sp³-hybridized carbons (Fsp3) is 0.444. The van der Waals surface area contributed by atoms with E-state index in [1.807, 2.05) is 28.8 Å². The minimum atomic E-state index is -0.0749. The molecular formula is C27H34N4O2. The van der Waals surface area contributed by atoms with Crippen LogP contribution in [0.4, 0.5) is 5.82 Å². The minimum Gasteiger partial charge on any atom is -0.356 e. The number of carbonyl (C=O) groups is 1. The highest BCUT2D eigenvalue weighted by molar-refractivity contribution is 5.79. The third-order valence-corrected chi connectivity index (χ3v) is 6.48. The molecular weight excluding hydrogens is 412 g/mol. The number of benzene rings is 2. The number of aromatic nitrogens is 2. The van der Waals surface area contributed by atoms with E-state index in [2.05, 4.69) is 55.3 Å². The molecule has 4 rings (SSSR count). The largest absolute Gasteiger partial charge is 0.356 e. The van der Waals surface area contributed by atoms with Crippen molar-refractivity contribution in [2.45, 2.75) is 46.6 Å². The molecule has 1 amide bonds. The van der Waals surface area contributed by atoms with Gasteiger partial charge in [-0.25, -0.2) is 4.98 Å². The molecule has 0 unspecified atom stereocenters. The monoisotopic (exact) mass is 446 g/mol. The number of aryl methyl sites for hydroxylation is 1. The average molecular weight is 447 g/mol. The molecule has 1 aromatic heterocycles. The highest BCUT2D eigenvalue weighted by Gasteiger charge is 2.27. The Bertz CT molecular complexity index is 1160. The molecule has 0 saturated carbocycles. The average Bonchev–Trinajstić information content (AvgIpc) is 2.82. The molecule has 0 bridgehead atoms. The van der Waals surface area contributed by atoms with Crippen LogP contribution in [-0.2, 0) is 11.3 Å². The van der Waals surface area contributed by atoms with E-state index < -0.39 is 0 Å². The maximum absolute atomic E-state index is 13.6. The smallest absolute Gasteiger partial charge is 0.294 e. The summed E-state index contributed by atoms with van der Waals surface area (Å²) in [4.78, 5) is 32.9. The lowest BCUT2D eigenvalue weighted by Crippen LogP contribution is -2.43. The zero-order chi connectivity index (χ0) is 23.4. The van der Waals surface area contributed by atoms with Crippen molar-refractivity contribution in [3.05, 3.63) is 70.0 Å². The summed E-state index contributed by atoms with van der Waals surface area (Å²) < 4.78 is 1.83. The Kier molecular flexibility index (Phi) is 7.11. The first kappa shape index (κ1) is 23.0. The van der Waals surface area contributed by atoms with Crippen molar-refractivity contribution in [2.24, 2.45) is 11.8 Å². The molecule has 0 spiro atoms. The van der Waals surface area contributed by atoms with Crippen molar-refractivity contribution in [2.75, 3.05) is 24.5 Å². The molecule has 2 heterocycles. The molecule has 3 aromatic rings. The van der Waals surface area contributed by atoms with Gasteiger partial charge >= 0.3 is 0 Å². The Labute approximate surface area is 195 Å². The Hall–Kier alpha value is -3.15. The van der Waals surface area contributed by atoms with Gasteiger partial charge in [0.15, 0.2) is 5.82 Å². The van der Waals surface area contributed by atoms with Crippen molar-refractivity contribution in [3.63, 3.8) is 0 Å². The van der Waals surface area contributed by atoms with E-state index >= 15 is 0 Å². The SMILES string of the molecule is Cc1ccc(Cn2c(=O)c(N3CCC(C(=O)NCCC(C)C)CC3)nc3ccccc32)cc1. The standard InChI is InChI=1S/C27H34N4O2/c1-19(2)12-15-28-26(32)22-13-16-30(17-14-22)25-27(33)31(18-21-10-8-20(3)9-11-21)24-7-5-4-6-23(24)29-25/h4-11,19,22H,12-18H2,1-3H3,(H,28,32). The van der Waals surface area contributed by atoms with E-state index in [4.69, 9.17) is 4.98 Å². The highest BCUT2D eigenvalue weighted by Crippen LogP contribution is 2.22. The number of fused-ring (bicyclic) bond motifs is 1. The van der Waals surface area contributed by atoms with Crippen LogP contribution in [0, 0.1) is 18.8 Å². The zero-order valence-electron chi connectivity index (χ0n) is 19.9. The fourth-order valence-corrected chi connectivity index (χ4v) is 4.40. The van der Waals surface area contributed by atoms with Crippen LogP contribution >= 0.6 is 0 Å². The number of piperidine rings is 1. The summed E-state index contributed by atoms with van der Waals surface area (Å²) in [5, 5.41) is 3.08. The summed E-state index contributed by atoms with van der Waals surface area (Å²) in [6, 6.07) is 16.1. The quantitative estimate of drug-likeness (QED) is 0.593. The first-order chi connectivity index (χ1) is 15.9. The molecule has 174 valence electrons. The second-order valence-electron chi connectivity index (χ2n) is 9.54. The lowest BCUT2D eigenvalue weighted by Gasteiger charge is -2.32. The summed E-state index contributed by atoms with van der Waals surface area (Å²) in [6.07, 6.45) is 2.46. The van der Waals surface area contributed by atoms with Gasteiger partial charge in [0.05, 0.1) is 17.6 Å². The summed E-state index contributed by atoms with van der Waals surface area (Å²) in [7, 11) is 0.